The summed E-state index contributed by atoms with van der Waals surface area (Å²) < 4.78 is 25.9. The molecule has 6 heteroatoms. The van der Waals surface area contributed by atoms with Crippen molar-refractivity contribution in [2.24, 2.45) is 0 Å². The molecule has 5 nitrogen and oxygen atoms in total. The van der Waals surface area contributed by atoms with Gasteiger partial charge < -0.3 is 10.0 Å². The Morgan fingerprint density at radius 1 is 1.25 bits per heavy atom. The summed E-state index contributed by atoms with van der Waals surface area (Å²) in [6, 6.07) is -0.140. The highest BCUT2D eigenvalue weighted by molar-refractivity contribution is 7.90. The van der Waals surface area contributed by atoms with Gasteiger partial charge in [-0.25, -0.2) is 13.1 Å². The fraction of sp³-hybridized carbons (Fsp3) is 1.00. The molecule has 0 saturated heterocycles. The lowest BCUT2D eigenvalue weighted by Gasteiger charge is -2.24. The number of aliphatic hydroxyl groups is 1. The number of nitrogens with one attached hydrogen (secondary N) is 1. The summed E-state index contributed by atoms with van der Waals surface area (Å²) in [5.74, 6) is 0. The van der Waals surface area contributed by atoms with Gasteiger partial charge in [0.05, 0.1) is 11.9 Å². The number of aliphatic hydroxyl groups excluding tert-OH is 1. The van der Waals surface area contributed by atoms with E-state index in [0.717, 1.165) is 13.1 Å². The van der Waals surface area contributed by atoms with Gasteiger partial charge in [-0.2, -0.15) is 0 Å². The minimum Gasteiger partial charge on any atom is -0.395 e. The maximum atomic E-state index is 11.6. The number of likely N-dealkylation sites (N-methyl/N-ethyl adjacent to an activating group) is 1. The first kappa shape index (κ1) is 15.8. The first-order chi connectivity index (χ1) is 7.37. The standard InChI is InChI=1S/C10H24N2O3S/c1-5-12(6-2)7-9(3)11-16(14,15)10(4)8-13/h9-11,13H,5-8H2,1-4H3. The molecule has 0 rings (SSSR count). The van der Waals surface area contributed by atoms with Crippen LogP contribution in [0.4, 0.5) is 0 Å². The summed E-state index contributed by atoms with van der Waals surface area (Å²) in [6.07, 6.45) is 0. The fourth-order valence-corrected chi connectivity index (χ4v) is 2.47. The molecule has 0 aromatic rings. The summed E-state index contributed by atoms with van der Waals surface area (Å²) in [5, 5.41) is 8.07. The van der Waals surface area contributed by atoms with Gasteiger partial charge >= 0.3 is 0 Å². The Balaban J connectivity index is 4.28. The van der Waals surface area contributed by atoms with Crippen molar-refractivity contribution < 1.29 is 13.5 Å². The zero-order chi connectivity index (χ0) is 12.8. The molecule has 0 aliphatic heterocycles. The lowest BCUT2D eigenvalue weighted by atomic mass is 10.3. The summed E-state index contributed by atoms with van der Waals surface area (Å²) in [5.41, 5.74) is 0. The SMILES string of the molecule is CCN(CC)CC(C)NS(=O)(=O)C(C)CO. The smallest absolute Gasteiger partial charge is 0.216 e. The largest absolute Gasteiger partial charge is 0.395 e. The van der Waals surface area contributed by atoms with E-state index in [1.54, 1.807) is 0 Å². The molecule has 0 radical (unpaired) electrons. The van der Waals surface area contributed by atoms with E-state index in [-0.39, 0.29) is 12.6 Å². The quantitative estimate of drug-likeness (QED) is 0.639. The van der Waals surface area contributed by atoms with Crippen LogP contribution in [0.3, 0.4) is 0 Å². The van der Waals surface area contributed by atoms with E-state index in [4.69, 9.17) is 5.11 Å². The maximum Gasteiger partial charge on any atom is 0.216 e. The molecule has 0 aliphatic rings. The Bertz CT molecular complexity index is 276. The first-order valence-electron chi connectivity index (χ1n) is 5.71. The number of rotatable bonds is 8. The molecule has 0 aromatic carbocycles. The van der Waals surface area contributed by atoms with Gasteiger partial charge in [-0.3, -0.25) is 0 Å². The Hall–Kier alpha value is -0.170. The van der Waals surface area contributed by atoms with Crippen LogP contribution in [0.1, 0.15) is 27.7 Å². The Morgan fingerprint density at radius 2 is 1.75 bits per heavy atom. The predicted octanol–water partition coefficient (Wildman–Crippen LogP) is 0.0169. The molecule has 0 saturated carbocycles. The summed E-state index contributed by atoms with van der Waals surface area (Å²) in [4.78, 5) is 2.15. The van der Waals surface area contributed by atoms with E-state index in [2.05, 4.69) is 9.62 Å². The topological polar surface area (TPSA) is 69.6 Å². The number of hydrogen-bond donors (Lipinski definition) is 2. The average molecular weight is 252 g/mol. The second-order valence-corrected chi connectivity index (χ2v) is 6.17. The van der Waals surface area contributed by atoms with Crippen LogP contribution >= 0.6 is 0 Å². The van der Waals surface area contributed by atoms with Crippen LogP contribution in [0.2, 0.25) is 0 Å². The third-order valence-corrected chi connectivity index (χ3v) is 4.52. The van der Waals surface area contributed by atoms with E-state index in [1.165, 1.54) is 6.92 Å². The molecule has 2 N–H and O–H groups in total. The predicted molar refractivity (Wildman–Crippen MR) is 65.9 cm³/mol. The second kappa shape index (κ2) is 7.21. The van der Waals surface area contributed by atoms with Crippen molar-refractivity contribution in [3.63, 3.8) is 0 Å². The highest BCUT2D eigenvalue weighted by Crippen LogP contribution is 2.00. The van der Waals surface area contributed by atoms with E-state index >= 15 is 0 Å². The van der Waals surface area contributed by atoms with Crippen molar-refractivity contribution in [2.45, 2.75) is 39.0 Å². The molecule has 0 fully saturated rings. The zero-order valence-electron chi connectivity index (χ0n) is 10.6. The third kappa shape index (κ3) is 5.25. The normalized spacial score (nSPS) is 16.4. The van der Waals surface area contributed by atoms with Crippen molar-refractivity contribution in [3.05, 3.63) is 0 Å². The van der Waals surface area contributed by atoms with E-state index in [9.17, 15) is 8.42 Å². The molecule has 16 heavy (non-hydrogen) atoms. The van der Waals surface area contributed by atoms with Gasteiger partial charge in [0.25, 0.3) is 0 Å². The summed E-state index contributed by atoms with van der Waals surface area (Å²) in [6.45, 7) is 9.54. The van der Waals surface area contributed by atoms with Gasteiger partial charge in [0, 0.05) is 12.6 Å². The van der Waals surface area contributed by atoms with Crippen LogP contribution in [0.5, 0.6) is 0 Å². The Labute approximate surface area is 98.9 Å². The minimum atomic E-state index is -3.40. The molecular formula is C10H24N2O3S. The molecule has 98 valence electrons. The van der Waals surface area contributed by atoms with Gasteiger partial charge in [-0.15, -0.1) is 0 Å². The molecular weight excluding hydrogens is 228 g/mol. The van der Waals surface area contributed by atoms with Crippen molar-refractivity contribution >= 4 is 10.0 Å². The van der Waals surface area contributed by atoms with Crippen LogP contribution in [0.25, 0.3) is 0 Å². The molecule has 0 spiro atoms. The van der Waals surface area contributed by atoms with Crippen LogP contribution in [0.15, 0.2) is 0 Å². The number of nitrogens with zero attached hydrogens (tertiary/aromatic N) is 1. The number of sulfonamides is 1. The Kier molecular flexibility index (Phi) is 7.14. The van der Waals surface area contributed by atoms with E-state index < -0.39 is 15.3 Å². The van der Waals surface area contributed by atoms with E-state index in [1.807, 2.05) is 20.8 Å². The van der Waals surface area contributed by atoms with Crippen molar-refractivity contribution in [2.75, 3.05) is 26.2 Å². The minimum absolute atomic E-state index is 0.140. The highest BCUT2D eigenvalue weighted by atomic mass is 32.2. The number of hydrogen-bond acceptors (Lipinski definition) is 4. The van der Waals surface area contributed by atoms with Gasteiger partial charge in [-0.05, 0) is 26.9 Å². The second-order valence-electron chi connectivity index (χ2n) is 4.04. The van der Waals surface area contributed by atoms with Crippen LogP contribution < -0.4 is 4.72 Å². The van der Waals surface area contributed by atoms with Crippen molar-refractivity contribution in [1.82, 2.24) is 9.62 Å². The van der Waals surface area contributed by atoms with Crippen LogP contribution in [0, 0.1) is 0 Å². The maximum absolute atomic E-state index is 11.6. The lowest BCUT2D eigenvalue weighted by molar-refractivity contribution is 0.278. The Morgan fingerprint density at radius 3 is 2.12 bits per heavy atom. The zero-order valence-corrected chi connectivity index (χ0v) is 11.4. The molecule has 0 aliphatic carbocycles. The van der Waals surface area contributed by atoms with Gasteiger partial charge in [0.2, 0.25) is 10.0 Å². The first-order valence-corrected chi connectivity index (χ1v) is 7.26. The molecule has 0 bridgehead atoms. The van der Waals surface area contributed by atoms with Gasteiger partial charge in [0.1, 0.15) is 0 Å². The third-order valence-electron chi connectivity index (χ3n) is 2.58. The summed E-state index contributed by atoms with van der Waals surface area (Å²) in [7, 11) is -3.40. The molecule has 0 aromatic heterocycles. The molecule has 2 unspecified atom stereocenters. The van der Waals surface area contributed by atoms with Crippen LogP contribution in [-0.2, 0) is 10.0 Å². The molecule has 2 atom stereocenters. The lowest BCUT2D eigenvalue weighted by Crippen LogP contribution is -2.45. The van der Waals surface area contributed by atoms with Gasteiger partial charge in [0.15, 0.2) is 0 Å². The van der Waals surface area contributed by atoms with Crippen molar-refractivity contribution in [3.8, 4) is 0 Å². The highest BCUT2D eigenvalue weighted by Gasteiger charge is 2.22. The van der Waals surface area contributed by atoms with Crippen molar-refractivity contribution in [1.29, 1.82) is 0 Å². The molecule has 0 amide bonds. The fourth-order valence-electron chi connectivity index (χ4n) is 1.40. The van der Waals surface area contributed by atoms with Crippen LogP contribution in [-0.4, -0.2) is 56.0 Å². The van der Waals surface area contributed by atoms with E-state index in [0.29, 0.717) is 6.54 Å². The van der Waals surface area contributed by atoms with Gasteiger partial charge in [-0.1, -0.05) is 13.8 Å². The summed E-state index contributed by atoms with van der Waals surface area (Å²) >= 11 is 0. The molecule has 0 heterocycles. The average Bonchev–Trinajstić information content (AvgIpc) is 2.23. The monoisotopic (exact) mass is 252 g/mol.